The summed E-state index contributed by atoms with van der Waals surface area (Å²) in [5, 5.41) is 14.3. The molecule has 0 saturated carbocycles. The maximum Gasteiger partial charge on any atom is 0.129 e. The molecular formula is C13H15FN2OS. The fraction of sp³-hybridized carbons (Fsp3) is 0.385. The molecular weight excluding hydrogens is 251 g/mol. The molecule has 96 valence electrons. The second-order valence-corrected chi connectivity index (χ2v) is 5.05. The second-order valence-electron chi connectivity index (χ2n) is 4.26. The summed E-state index contributed by atoms with van der Waals surface area (Å²) in [6.45, 7) is 3.90. The van der Waals surface area contributed by atoms with E-state index in [2.05, 4.69) is 9.59 Å². The number of aromatic nitrogens is 2. The third-order valence-corrected chi connectivity index (χ3v) is 3.59. The van der Waals surface area contributed by atoms with Crippen molar-refractivity contribution in [2.75, 3.05) is 0 Å². The summed E-state index contributed by atoms with van der Waals surface area (Å²) < 4.78 is 17.6. The Bertz CT molecular complexity index is 542. The van der Waals surface area contributed by atoms with E-state index in [9.17, 15) is 9.50 Å². The van der Waals surface area contributed by atoms with Crippen LogP contribution in [0, 0.1) is 12.7 Å². The van der Waals surface area contributed by atoms with E-state index in [1.54, 1.807) is 12.1 Å². The monoisotopic (exact) mass is 266 g/mol. The lowest BCUT2D eigenvalue weighted by Gasteiger charge is -2.11. The molecule has 0 fully saturated rings. The van der Waals surface area contributed by atoms with Gasteiger partial charge < -0.3 is 5.11 Å². The molecule has 0 radical (unpaired) electrons. The number of rotatable bonds is 4. The first kappa shape index (κ1) is 13.1. The summed E-state index contributed by atoms with van der Waals surface area (Å²) in [5.41, 5.74) is 1.97. The number of aliphatic hydroxyl groups excluding tert-OH is 1. The Labute approximate surface area is 109 Å². The van der Waals surface area contributed by atoms with Gasteiger partial charge in [0.25, 0.3) is 0 Å². The molecule has 5 heteroatoms. The zero-order valence-corrected chi connectivity index (χ0v) is 11.2. The molecule has 0 aliphatic rings. The highest BCUT2D eigenvalue weighted by Crippen LogP contribution is 2.29. The van der Waals surface area contributed by atoms with Crippen LogP contribution >= 0.6 is 11.5 Å². The molecule has 1 aromatic carbocycles. The van der Waals surface area contributed by atoms with Crippen molar-refractivity contribution in [3.8, 4) is 0 Å². The van der Waals surface area contributed by atoms with Crippen molar-refractivity contribution in [3.63, 3.8) is 0 Å². The van der Waals surface area contributed by atoms with Gasteiger partial charge in [-0.2, -0.15) is 0 Å². The normalized spacial score (nSPS) is 12.7. The first-order valence-corrected chi connectivity index (χ1v) is 6.66. The average Bonchev–Trinajstić information content (AvgIpc) is 2.80. The topological polar surface area (TPSA) is 46.0 Å². The Hall–Kier alpha value is -1.33. The third-order valence-electron chi connectivity index (χ3n) is 2.77. The zero-order valence-electron chi connectivity index (χ0n) is 10.4. The summed E-state index contributed by atoms with van der Waals surface area (Å²) in [6, 6.07) is 4.72. The van der Waals surface area contributed by atoms with Gasteiger partial charge in [-0.25, -0.2) is 4.39 Å². The van der Waals surface area contributed by atoms with E-state index in [-0.39, 0.29) is 0 Å². The van der Waals surface area contributed by atoms with Crippen molar-refractivity contribution >= 4 is 11.5 Å². The van der Waals surface area contributed by atoms with Crippen LogP contribution in [0.1, 0.15) is 41.1 Å². The molecule has 3 nitrogen and oxygen atoms in total. The van der Waals surface area contributed by atoms with Crippen molar-refractivity contribution in [1.29, 1.82) is 0 Å². The number of hydrogen-bond donors (Lipinski definition) is 1. The van der Waals surface area contributed by atoms with Gasteiger partial charge in [0.15, 0.2) is 0 Å². The van der Waals surface area contributed by atoms with Crippen LogP contribution in [0.3, 0.4) is 0 Å². The predicted octanol–water partition coefficient (Wildman–Crippen LogP) is 3.02. The highest BCUT2D eigenvalue weighted by molar-refractivity contribution is 7.05. The van der Waals surface area contributed by atoms with Gasteiger partial charge in [-0.1, -0.05) is 35.5 Å². The summed E-state index contributed by atoms with van der Waals surface area (Å²) in [5.74, 6) is -0.399. The first-order chi connectivity index (χ1) is 8.63. The van der Waals surface area contributed by atoms with E-state index < -0.39 is 11.9 Å². The second kappa shape index (κ2) is 5.54. The Morgan fingerprint density at radius 1 is 1.44 bits per heavy atom. The molecule has 0 bridgehead atoms. The minimum atomic E-state index is -0.980. The molecule has 2 aromatic rings. The number of aryl methyl sites for hydroxylation is 2. The molecule has 0 saturated heterocycles. The number of hydrogen-bond acceptors (Lipinski definition) is 4. The van der Waals surface area contributed by atoms with Crippen LogP contribution in [-0.4, -0.2) is 14.7 Å². The molecule has 1 N–H and O–H groups in total. The first-order valence-electron chi connectivity index (χ1n) is 5.88. The van der Waals surface area contributed by atoms with Crippen molar-refractivity contribution in [1.82, 2.24) is 9.59 Å². The number of halogens is 1. The molecule has 18 heavy (non-hydrogen) atoms. The maximum atomic E-state index is 13.7. The van der Waals surface area contributed by atoms with Gasteiger partial charge in [-0.05, 0) is 30.9 Å². The molecule has 2 rings (SSSR count). The number of nitrogens with zero attached hydrogens (tertiary/aromatic N) is 2. The highest BCUT2D eigenvalue weighted by atomic mass is 32.1. The van der Waals surface area contributed by atoms with Crippen molar-refractivity contribution in [2.45, 2.75) is 32.8 Å². The molecule has 0 aliphatic heterocycles. The predicted molar refractivity (Wildman–Crippen MR) is 69.1 cm³/mol. The maximum absolute atomic E-state index is 13.7. The van der Waals surface area contributed by atoms with Gasteiger partial charge >= 0.3 is 0 Å². The third kappa shape index (κ3) is 2.57. The van der Waals surface area contributed by atoms with Crippen molar-refractivity contribution in [3.05, 3.63) is 45.7 Å². The Morgan fingerprint density at radius 3 is 2.94 bits per heavy atom. The SMILES string of the molecule is CCCc1nnsc1C(O)c1cc(C)ccc1F. The Balaban J connectivity index is 2.38. The highest BCUT2D eigenvalue weighted by Gasteiger charge is 2.21. The van der Waals surface area contributed by atoms with Gasteiger partial charge in [0.05, 0.1) is 10.6 Å². The van der Waals surface area contributed by atoms with Gasteiger partial charge in [0, 0.05) is 5.56 Å². The van der Waals surface area contributed by atoms with Crippen LogP contribution in [-0.2, 0) is 6.42 Å². The summed E-state index contributed by atoms with van der Waals surface area (Å²) in [7, 11) is 0. The van der Waals surface area contributed by atoms with Gasteiger partial charge in [0.1, 0.15) is 11.9 Å². The van der Waals surface area contributed by atoms with Crippen molar-refractivity contribution < 1.29 is 9.50 Å². The van der Waals surface area contributed by atoms with E-state index in [0.29, 0.717) is 10.4 Å². The fourth-order valence-corrected chi connectivity index (χ4v) is 2.55. The standard InChI is InChI=1S/C13H15FN2OS/c1-3-4-11-13(18-16-15-11)12(17)9-7-8(2)5-6-10(9)14/h5-7,12,17H,3-4H2,1-2H3. The van der Waals surface area contributed by atoms with Gasteiger partial charge in [-0.3, -0.25) is 0 Å². The smallest absolute Gasteiger partial charge is 0.129 e. The lowest BCUT2D eigenvalue weighted by molar-refractivity contribution is 0.217. The molecule has 0 aliphatic carbocycles. The van der Waals surface area contributed by atoms with Crippen LogP contribution in [0.5, 0.6) is 0 Å². The fourth-order valence-electron chi connectivity index (χ4n) is 1.85. The van der Waals surface area contributed by atoms with E-state index in [4.69, 9.17) is 0 Å². The summed E-state index contributed by atoms with van der Waals surface area (Å²) in [4.78, 5) is 0.640. The Morgan fingerprint density at radius 2 is 2.22 bits per heavy atom. The molecule has 1 heterocycles. The lowest BCUT2D eigenvalue weighted by atomic mass is 10.0. The quantitative estimate of drug-likeness (QED) is 0.925. The van der Waals surface area contributed by atoms with Crippen molar-refractivity contribution in [2.24, 2.45) is 0 Å². The van der Waals surface area contributed by atoms with E-state index >= 15 is 0 Å². The molecule has 1 aromatic heterocycles. The van der Waals surface area contributed by atoms with E-state index in [1.165, 1.54) is 6.07 Å². The lowest BCUT2D eigenvalue weighted by Crippen LogP contribution is -2.04. The minimum Gasteiger partial charge on any atom is -0.383 e. The summed E-state index contributed by atoms with van der Waals surface area (Å²) in [6.07, 6.45) is 0.684. The zero-order chi connectivity index (χ0) is 13.1. The minimum absolute atomic E-state index is 0.290. The van der Waals surface area contributed by atoms with Gasteiger partial charge in [-0.15, -0.1) is 5.10 Å². The molecule has 0 spiro atoms. The van der Waals surface area contributed by atoms with Crippen LogP contribution in [0.25, 0.3) is 0 Å². The number of benzene rings is 1. The molecule has 0 amide bonds. The van der Waals surface area contributed by atoms with Crippen LogP contribution < -0.4 is 0 Å². The van der Waals surface area contributed by atoms with E-state index in [0.717, 1.165) is 35.6 Å². The van der Waals surface area contributed by atoms with Crippen LogP contribution in [0.15, 0.2) is 18.2 Å². The average molecular weight is 266 g/mol. The van der Waals surface area contributed by atoms with Crippen LogP contribution in [0.2, 0.25) is 0 Å². The largest absolute Gasteiger partial charge is 0.383 e. The van der Waals surface area contributed by atoms with Gasteiger partial charge in [0.2, 0.25) is 0 Å². The molecule has 1 unspecified atom stereocenters. The number of aliphatic hydroxyl groups is 1. The molecule has 1 atom stereocenters. The summed E-state index contributed by atoms with van der Waals surface area (Å²) >= 11 is 1.13. The van der Waals surface area contributed by atoms with Crippen LogP contribution in [0.4, 0.5) is 4.39 Å². The Kier molecular flexibility index (Phi) is 4.04. The van der Waals surface area contributed by atoms with E-state index in [1.807, 2.05) is 13.8 Å².